The van der Waals surface area contributed by atoms with Crippen LogP contribution in [0.3, 0.4) is 0 Å². The van der Waals surface area contributed by atoms with Gasteiger partial charge in [-0.25, -0.2) is 0 Å². The quantitative estimate of drug-likeness (QED) is 0.467. The van der Waals surface area contributed by atoms with E-state index in [9.17, 15) is 4.79 Å². The number of carbonyl (C=O) groups excluding carboxylic acids is 1. The Morgan fingerprint density at radius 2 is 1.68 bits per heavy atom. The van der Waals surface area contributed by atoms with Gasteiger partial charge < -0.3 is 10.1 Å². The first-order chi connectivity index (χ1) is 13.6. The number of carbonyl (C=O) groups is 1. The first-order valence-corrected chi connectivity index (χ1v) is 10.0. The second-order valence-electron chi connectivity index (χ2n) is 6.47. The molecule has 0 spiro atoms. The minimum atomic E-state index is -0.0580. The Labute approximate surface area is 169 Å². The molecule has 0 aliphatic rings. The lowest BCUT2D eigenvalue weighted by atomic mass is 10.1. The zero-order chi connectivity index (χ0) is 19.9. The fourth-order valence-corrected chi connectivity index (χ4v) is 3.44. The molecule has 1 heterocycles. The maximum atomic E-state index is 12.1. The van der Waals surface area contributed by atoms with Gasteiger partial charge in [-0.3, -0.25) is 9.36 Å². The van der Waals surface area contributed by atoms with E-state index in [1.165, 1.54) is 22.9 Å². The molecule has 28 heavy (non-hydrogen) atoms. The number of rotatable bonds is 8. The number of methoxy groups -OCH3 is 1. The molecule has 0 bridgehead atoms. The van der Waals surface area contributed by atoms with E-state index in [0.717, 1.165) is 17.1 Å². The van der Waals surface area contributed by atoms with Crippen molar-refractivity contribution in [3.8, 4) is 17.1 Å². The van der Waals surface area contributed by atoms with Gasteiger partial charge in [-0.05, 0) is 26.0 Å². The number of hydrogen-bond acceptors (Lipinski definition) is 5. The highest BCUT2D eigenvalue weighted by Crippen LogP contribution is 2.28. The zero-order valence-corrected chi connectivity index (χ0v) is 17.1. The summed E-state index contributed by atoms with van der Waals surface area (Å²) in [4.78, 5) is 12.1. The summed E-state index contributed by atoms with van der Waals surface area (Å²) >= 11 is 1.37. The third kappa shape index (κ3) is 4.99. The van der Waals surface area contributed by atoms with Gasteiger partial charge in [0, 0.05) is 24.9 Å². The fraction of sp³-hybridized carbons (Fsp3) is 0.286. The molecule has 146 valence electrons. The van der Waals surface area contributed by atoms with E-state index in [0.29, 0.717) is 18.3 Å². The maximum Gasteiger partial charge on any atom is 0.230 e. The number of ether oxygens (including phenoxy) is 1. The summed E-state index contributed by atoms with van der Waals surface area (Å²) in [7, 11) is 1.61. The van der Waals surface area contributed by atoms with Crippen molar-refractivity contribution in [3.05, 3.63) is 59.7 Å². The number of nitrogens with zero attached hydrogens (tertiary/aromatic N) is 3. The predicted octanol–water partition coefficient (Wildman–Crippen LogP) is 3.41. The van der Waals surface area contributed by atoms with Gasteiger partial charge in [-0.15, -0.1) is 10.2 Å². The van der Waals surface area contributed by atoms with E-state index in [2.05, 4.69) is 53.6 Å². The molecule has 0 aliphatic carbocycles. The van der Waals surface area contributed by atoms with Gasteiger partial charge in [-0.1, -0.05) is 59.3 Å². The molecule has 0 unspecified atom stereocenters. The number of hydrogen-bond donors (Lipinski definition) is 1. The first kappa shape index (κ1) is 20.1. The van der Waals surface area contributed by atoms with Crippen molar-refractivity contribution >= 4 is 17.7 Å². The number of benzene rings is 2. The van der Waals surface area contributed by atoms with E-state index in [1.54, 1.807) is 7.11 Å². The Hall–Kier alpha value is -2.64. The van der Waals surface area contributed by atoms with Gasteiger partial charge in [-0.2, -0.15) is 0 Å². The monoisotopic (exact) mass is 396 g/mol. The van der Waals surface area contributed by atoms with Crippen molar-refractivity contribution in [2.45, 2.75) is 19.0 Å². The van der Waals surface area contributed by atoms with Gasteiger partial charge in [0.05, 0.1) is 12.4 Å². The van der Waals surface area contributed by atoms with Crippen LogP contribution >= 0.6 is 11.8 Å². The molecule has 0 radical (unpaired) electrons. The lowest BCUT2D eigenvalue weighted by Crippen LogP contribution is -2.28. The highest BCUT2D eigenvalue weighted by atomic mass is 32.2. The van der Waals surface area contributed by atoms with Crippen LogP contribution in [0, 0.1) is 13.8 Å². The third-order valence-electron chi connectivity index (χ3n) is 4.20. The maximum absolute atomic E-state index is 12.1. The van der Waals surface area contributed by atoms with Crippen molar-refractivity contribution in [1.29, 1.82) is 0 Å². The number of thioether (sulfide) groups is 1. The van der Waals surface area contributed by atoms with Gasteiger partial charge >= 0.3 is 0 Å². The van der Waals surface area contributed by atoms with Crippen LogP contribution < -0.4 is 5.32 Å². The van der Waals surface area contributed by atoms with Crippen LogP contribution in [0.5, 0.6) is 0 Å². The van der Waals surface area contributed by atoms with Crippen LogP contribution in [0.2, 0.25) is 0 Å². The molecule has 6 nitrogen and oxygen atoms in total. The molecule has 7 heteroatoms. The SMILES string of the molecule is COCCNC(=O)CSc1nnc(-c2ccc(C)cc2)n1-c1ccc(C)cc1. The van der Waals surface area contributed by atoms with Crippen molar-refractivity contribution in [3.63, 3.8) is 0 Å². The van der Waals surface area contributed by atoms with E-state index in [-0.39, 0.29) is 11.7 Å². The molecule has 0 atom stereocenters. The molecule has 3 rings (SSSR count). The lowest BCUT2D eigenvalue weighted by molar-refractivity contribution is -0.118. The summed E-state index contributed by atoms with van der Waals surface area (Å²) in [6.45, 7) is 5.09. The Bertz CT molecular complexity index is 921. The van der Waals surface area contributed by atoms with E-state index in [4.69, 9.17) is 4.74 Å². The van der Waals surface area contributed by atoms with Crippen molar-refractivity contribution < 1.29 is 9.53 Å². The number of nitrogens with one attached hydrogen (secondary N) is 1. The summed E-state index contributed by atoms with van der Waals surface area (Å²) in [5.41, 5.74) is 4.32. The number of aromatic nitrogens is 3. The topological polar surface area (TPSA) is 69.0 Å². The second-order valence-corrected chi connectivity index (χ2v) is 7.42. The van der Waals surface area contributed by atoms with Crippen LogP contribution in [0.15, 0.2) is 53.7 Å². The molecule has 1 amide bonds. The summed E-state index contributed by atoms with van der Waals surface area (Å²) in [6.07, 6.45) is 0. The van der Waals surface area contributed by atoms with Crippen LogP contribution in [0.4, 0.5) is 0 Å². The summed E-state index contributed by atoms with van der Waals surface area (Å²) < 4.78 is 6.95. The molecule has 1 aromatic heterocycles. The molecule has 1 N–H and O–H groups in total. The Morgan fingerprint density at radius 3 is 2.32 bits per heavy atom. The molecule has 0 fully saturated rings. The Morgan fingerprint density at radius 1 is 1.04 bits per heavy atom. The predicted molar refractivity (Wildman–Crippen MR) is 112 cm³/mol. The molecule has 2 aromatic carbocycles. The van der Waals surface area contributed by atoms with E-state index in [1.807, 2.05) is 28.8 Å². The van der Waals surface area contributed by atoms with Crippen LogP contribution in [0.25, 0.3) is 17.1 Å². The average Bonchev–Trinajstić information content (AvgIpc) is 3.12. The standard InChI is InChI=1S/C21H24N4O2S/c1-15-4-8-17(9-5-15)20-23-24-21(28-14-19(26)22-12-13-27-3)25(20)18-10-6-16(2)7-11-18/h4-11H,12-14H2,1-3H3,(H,22,26). The fourth-order valence-electron chi connectivity index (χ4n) is 2.65. The normalized spacial score (nSPS) is 10.8. The van der Waals surface area contributed by atoms with Crippen molar-refractivity contribution in [2.75, 3.05) is 26.0 Å². The van der Waals surface area contributed by atoms with Crippen molar-refractivity contribution in [2.24, 2.45) is 0 Å². The molecule has 0 saturated carbocycles. The molecule has 3 aromatic rings. The highest BCUT2D eigenvalue weighted by Gasteiger charge is 2.17. The minimum absolute atomic E-state index is 0.0580. The van der Waals surface area contributed by atoms with Crippen molar-refractivity contribution in [1.82, 2.24) is 20.1 Å². The number of amides is 1. The Balaban J connectivity index is 1.88. The second kappa shape index (κ2) is 9.52. The smallest absolute Gasteiger partial charge is 0.230 e. The van der Waals surface area contributed by atoms with Crippen LogP contribution in [0.1, 0.15) is 11.1 Å². The lowest BCUT2D eigenvalue weighted by Gasteiger charge is -2.11. The largest absolute Gasteiger partial charge is 0.383 e. The Kier molecular flexibility index (Phi) is 6.84. The average molecular weight is 397 g/mol. The van der Waals surface area contributed by atoms with Crippen LogP contribution in [-0.4, -0.2) is 46.7 Å². The van der Waals surface area contributed by atoms with Gasteiger partial charge in [0.1, 0.15) is 0 Å². The van der Waals surface area contributed by atoms with Gasteiger partial charge in [0.15, 0.2) is 11.0 Å². The zero-order valence-electron chi connectivity index (χ0n) is 16.3. The third-order valence-corrected chi connectivity index (χ3v) is 5.12. The van der Waals surface area contributed by atoms with Gasteiger partial charge in [0.2, 0.25) is 5.91 Å². The minimum Gasteiger partial charge on any atom is -0.383 e. The summed E-state index contributed by atoms with van der Waals surface area (Å²) in [6, 6.07) is 16.4. The highest BCUT2D eigenvalue weighted by molar-refractivity contribution is 7.99. The van der Waals surface area contributed by atoms with Gasteiger partial charge in [0.25, 0.3) is 0 Å². The van der Waals surface area contributed by atoms with Crippen LogP contribution in [-0.2, 0) is 9.53 Å². The molecule has 0 aliphatic heterocycles. The summed E-state index contributed by atoms with van der Waals surface area (Å²) in [5.74, 6) is 0.963. The molecular weight excluding hydrogens is 372 g/mol. The van der Waals surface area contributed by atoms with E-state index >= 15 is 0 Å². The first-order valence-electron chi connectivity index (χ1n) is 9.06. The molecular formula is C21H24N4O2S. The number of aryl methyl sites for hydroxylation is 2. The summed E-state index contributed by atoms with van der Waals surface area (Å²) in [5, 5.41) is 12.3. The molecule has 0 saturated heterocycles. The van der Waals surface area contributed by atoms with E-state index < -0.39 is 0 Å².